The van der Waals surface area contributed by atoms with Gasteiger partial charge in [-0.1, -0.05) is 12.1 Å². The van der Waals surface area contributed by atoms with Gasteiger partial charge in [0.25, 0.3) is 5.56 Å². The second-order valence-corrected chi connectivity index (χ2v) is 8.84. The molecule has 5 rings (SSSR count). The molecule has 0 N–H and O–H groups in total. The van der Waals surface area contributed by atoms with Gasteiger partial charge in [-0.05, 0) is 68.0 Å². The van der Waals surface area contributed by atoms with Gasteiger partial charge in [0, 0.05) is 19.6 Å². The number of piperidine rings is 1. The van der Waals surface area contributed by atoms with E-state index < -0.39 is 0 Å². The van der Waals surface area contributed by atoms with Crippen LogP contribution in [0.25, 0.3) is 21.9 Å². The van der Waals surface area contributed by atoms with Gasteiger partial charge < -0.3 is 9.47 Å². The van der Waals surface area contributed by atoms with Crippen molar-refractivity contribution in [3.05, 3.63) is 70.5 Å². The largest absolute Gasteiger partial charge is 0.341 e. The van der Waals surface area contributed by atoms with Crippen LogP contribution in [0.2, 0.25) is 0 Å². The van der Waals surface area contributed by atoms with E-state index in [2.05, 4.69) is 40.5 Å². The summed E-state index contributed by atoms with van der Waals surface area (Å²) < 4.78 is 3.66. The molecule has 1 aliphatic heterocycles. The maximum Gasteiger partial charge on any atom is 0.261 e. The summed E-state index contributed by atoms with van der Waals surface area (Å²) in [6.45, 7) is 6.62. The van der Waals surface area contributed by atoms with Crippen molar-refractivity contribution in [3.8, 4) is 0 Å². The summed E-state index contributed by atoms with van der Waals surface area (Å²) in [6.07, 6.45) is 5.30. The fourth-order valence-corrected chi connectivity index (χ4v) is 4.57. The van der Waals surface area contributed by atoms with Crippen molar-refractivity contribution in [3.63, 3.8) is 0 Å². The van der Waals surface area contributed by atoms with Gasteiger partial charge in [0.2, 0.25) is 5.91 Å². The topological polar surface area (TPSA) is 73.0 Å². The zero-order valence-electron chi connectivity index (χ0n) is 18.5. The number of hydrogen-bond donors (Lipinski definition) is 0. The van der Waals surface area contributed by atoms with Gasteiger partial charge in [-0.15, -0.1) is 0 Å². The first-order valence-electron chi connectivity index (χ1n) is 11.1. The Hall–Kier alpha value is -3.48. The molecule has 0 radical (unpaired) electrons. The standard InChI is InChI=1S/C25H27N5O2/c1-17-11-22-23(12-18(17)2)29(15-27-22)13-19-7-9-28(10-8-19)24(31)14-30-16-26-21-6-4-3-5-20(21)25(30)32/h3-6,11-12,15-16,19H,7-10,13-14H2,1-2H3. The van der Waals surface area contributed by atoms with Crippen LogP contribution in [0.1, 0.15) is 24.0 Å². The van der Waals surface area contributed by atoms with Crippen LogP contribution in [0.15, 0.2) is 53.8 Å². The lowest BCUT2D eigenvalue weighted by Crippen LogP contribution is -2.42. The summed E-state index contributed by atoms with van der Waals surface area (Å²) in [4.78, 5) is 36.3. The van der Waals surface area contributed by atoms with E-state index in [1.165, 1.54) is 27.5 Å². The molecule has 2 aromatic carbocycles. The van der Waals surface area contributed by atoms with Crippen molar-refractivity contribution in [2.75, 3.05) is 13.1 Å². The first kappa shape index (κ1) is 20.4. The number of fused-ring (bicyclic) bond motifs is 2. The van der Waals surface area contributed by atoms with E-state index in [4.69, 9.17) is 0 Å². The lowest BCUT2D eigenvalue weighted by atomic mass is 9.96. The molecule has 0 unspecified atom stereocenters. The van der Waals surface area contributed by atoms with E-state index in [1.54, 1.807) is 12.1 Å². The summed E-state index contributed by atoms with van der Waals surface area (Å²) in [7, 11) is 0. The number of aryl methyl sites for hydroxylation is 2. The summed E-state index contributed by atoms with van der Waals surface area (Å²) in [6, 6.07) is 11.6. The van der Waals surface area contributed by atoms with Gasteiger partial charge >= 0.3 is 0 Å². The lowest BCUT2D eigenvalue weighted by Gasteiger charge is -2.32. The molecule has 1 amide bonds. The van der Waals surface area contributed by atoms with Crippen LogP contribution in [0.5, 0.6) is 0 Å². The second-order valence-electron chi connectivity index (χ2n) is 8.84. The first-order valence-corrected chi connectivity index (χ1v) is 11.1. The van der Waals surface area contributed by atoms with E-state index in [0.29, 0.717) is 29.9 Å². The SMILES string of the molecule is Cc1cc2ncn(CC3CCN(C(=O)Cn4cnc5ccccc5c4=O)CC3)c2cc1C. The maximum atomic E-state index is 12.8. The second kappa shape index (κ2) is 8.22. The summed E-state index contributed by atoms with van der Waals surface area (Å²) >= 11 is 0. The lowest BCUT2D eigenvalue weighted by molar-refractivity contribution is -0.133. The average Bonchev–Trinajstić information content (AvgIpc) is 3.17. The highest BCUT2D eigenvalue weighted by molar-refractivity contribution is 5.79. The Balaban J connectivity index is 1.22. The molecule has 0 atom stereocenters. The number of para-hydroxylation sites is 1. The molecule has 7 nitrogen and oxygen atoms in total. The predicted molar refractivity (Wildman–Crippen MR) is 125 cm³/mol. The number of imidazole rings is 1. The highest BCUT2D eigenvalue weighted by Gasteiger charge is 2.24. The molecule has 0 spiro atoms. The molecule has 2 aromatic heterocycles. The Morgan fingerprint density at radius 2 is 1.66 bits per heavy atom. The number of likely N-dealkylation sites (tertiary alicyclic amines) is 1. The Morgan fingerprint density at radius 3 is 2.47 bits per heavy atom. The number of carbonyl (C=O) groups is 1. The Morgan fingerprint density at radius 1 is 0.969 bits per heavy atom. The maximum absolute atomic E-state index is 12.8. The minimum Gasteiger partial charge on any atom is -0.341 e. The van der Waals surface area contributed by atoms with Gasteiger partial charge in [0.15, 0.2) is 0 Å². The van der Waals surface area contributed by atoms with Crippen molar-refractivity contribution in [2.45, 2.75) is 39.8 Å². The molecule has 1 fully saturated rings. The monoisotopic (exact) mass is 429 g/mol. The van der Waals surface area contributed by atoms with Crippen molar-refractivity contribution in [2.24, 2.45) is 5.92 Å². The van der Waals surface area contributed by atoms with Crippen molar-refractivity contribution < 1.29 is 4.79 Å². The van der Waals surface area contributed by atoms with Crippen LogP contribution in [-0.4, -0.2) is 43.0 Å². The van der Waals surface area contributed by atoms with Crippen LogP contribution in [-0.2, 0) is 17.9 Å². The van der Waals surface area contributed by atoms with E-state index in [0.717, 1.165) is 24.9 Å². The van der Waals surface area contributed by atoms with Gasteiger partial charge in [-0.25, -0.2) is 9.97 Å². The van der Waals surface area contributed by atoms with Gasteiger partial charge in [0.1, 0.15) is 6.54 Å². The molecule has 4 aromatic rings. The van der Waals surface area contributed by atoms with Crippen LogP contribution < -0.4 is 5.56 Å². The third-order valence-electron chi connectivity index (χ3n) is 6.70. The number of rotatable bonds is 4. The van der Waals surface area contributed by atoms with Crippen LogP contribution in [0, 0.1) is 19.8 Å². The molecule has 7 heteroatoms. The molecular formula is C25H27N5O2. The van der Waals surface area contributed by atoms with E-state index >= 15 is 0 Å². The number of amides is 1. The van der Waals surface area contributed by atoms with Crippen molar-refractivity contribution in [1.29, 1.82) is 0 Å². The van der Waals surface area contributed by atoms with Crippen molar-refractivity contribution >= 4 is 27.8 Å². The fourth-order valence-electron chi connectivity index (χ4n) is 4.57. The quantitative estimate of drug-likeness (QED) is 0.499. The number of aromatic nitrogens is 4. The fraction of sp³-hybridized carbons (Fsp3) is 0.360. The zero-order valence-corrected chi connectivity index (χ0v) is 18.5. The Labute approximate surface area is 186 Å². The summed E-state index contributed by atoms with van der Waals surface area (Å²) in [5.74, 6) is 0.477. The van der Waals surface area contributed by atoms with Crippen molar-refractivity contribution in [1.82, 2.24) is 24.0 Å². The molecule has 0 bridgehead atoms. The van der Waals surface area contributed by atoms with Crippen LogP contribution >= 0.6 is 0 Å². The minimum atomic E-state index is -0.170. The van der Waals surface area contributed by atoms with E-state index in [1.807, 2.05) is 23.4 Å². The van der Waals surface area contributed by atoms with Crippen LogP contribution in [0.3, 0.4) is 0 Å². The highest BCUT2D eigenvalue weighted by Crippen LogP contribution is 2.23. The van der Waals surface area contributed by atoms with Crippen LogP contribution in [0.4, 0.5) is 0 Å². The summed E-state index contributed by atoms with van der Waals surface area (Å²) in [5.41, 5.74) is 5.23. The molecule has 0 aliphatic carbocycles. The van der Waals surface area contributed by atoms with Gasteiger partial charge in [-0.2, -0.15) is 0 Å². The first-order chi connectivity index (χ1) is 15.5. The van der Waals surface area contributed by atoms with Gasteiger partial charge in [0.05, 0.1) is 34.6 Å². The summed E-state index contributed by atoms with van der Waals surface area (Å²) in [5, 5.41) is 0.541. The normalized spacial score (nSPS) is 15.0. The molecule has 32 heavy (non-hydrogen) atoms. The smallest absolute Gasteiger partial charge is 0.261 e. The molecule has 164 valence electrons. The van der Waals surface area contributed by atoms with Gasteiger partial charge in [-0.3, -0.25) is 14.2 Å². The molecule has 1 aliphatic rings. The Kier molecular flexibility index (Phi) is 5.25. The molecule has 3 heterocycles. The number of hydrogen-bond acceptors (Lipinski definition) is 4. The third-order valence-corrected chi connectivity index (χ3v) is 6.70. The number of carbonyl (C=O) groups excluding carboxylic acids is 1. The van der Waals surface area contributed by atoms with E-state index in [9.17, 15) is 9.59 Å². The average molecular weight is 430 g/mol. The Bertz CT molecular complexity index is 1360. The zero-order chi connectivity index (χ0) is 22.2. The minimum absolute atomic E-state index is 0.0261. The number of benzene rings is 2. The molecular weight excluding hydrogens is 402 g/mol. The molecule has 1 saturated heterocycles. The highest BCUT2D eigenvalue weighted by atomic mass is 16.2. The number of nitrogens with zero attached hydrogens (tertiary/aromatic N) is 5. The molecule has 0 saturated carbocycles. The third kappa shape index (κ3) is 3.79. The van der Waals surface area contributed by atoms with E-state index in [-0.39, 0.29) is 18.0 Å². The predicted octanol–water partition coefficient (Wildman–Crippen LogP) is 3.30.